The second-order valence-corrected chi connectivity index (χ2v) is 6.86. The number of nitrogens with one attached hydrogen (secondary N) is 1. The molecule has 6 heteroatoms. The summed E-state index contributed by atoms with van der Waals surface area (Å²) in [7, 11) is 1.57. The van der Waals surface area contributed by atoms with Gasteiger partial charge in [0.15, 0.2) is 0 Å². The number of hydrogen-bond donors (Lipinski definition) is 1. The molecule has 0 radical (unpaired) electrons. The SMILES string of the molecule is COc1cc(Cl)c(C)cc1NC(=O)CN1CCN(c2ccccc2)CC1. The first-order valence-electron chi connectivity index (χ1n) is 8.73. The van der Waals surface area contributed by atoms with Gasteiger partial charge in [0.05, 0.1) is 19.3 Å². The molecule has 0 saturated carbocycles. The zero-order valence-electron chi connectivity index (χ0n) is 15.2. The van der Waals surface area contributed by atoms with Gasteiger partial charge in [-0.25, -0.2) is 0 Å². The van der Waals surface area contributed by atoms with E-state index in [1.807, 2.05) is 19.1 Å². The van der Waals surface area contributed by atoms with E-state index in [0.717, 1.165) is 31.7 Å². The third kappa shape index (κ3) is 4.48. The molecule has 2 aromatic carbocycles. The Morgan fingerprint density at radius 1 is 1.15 bits per heavy atom. The van der Waals surface area contributed by atoms with Crippen molar-refractivity contribution in [3.8, 4) is 5.75 Å². The van der Waals surface area contributed by atoms with E-state index < -0.39 is 0 Å². The van der Waals surface area contributed by atoms with Crippen LogP contribution in [0.15, 0.2) is 42.5 Å². The monoisotopic (exact) mass is 373 g/mol. The van der Waals surface area contributed by atoms with Crippen molar-refractivity contribution >= 4 is 28.9 Å². The molecule has 1 saturated heterocycles. The van der Waals surface area contributed by atoms with Crippen LogP contribution in [-0.2, 0) is 4.79 Å². The summed E-state index contributed by atoms with van der Waals surface area (Å²) < 4.78 is 5.32. The zero-order chi connectivity index (χ0) is 18.5. The Morgan fingerprint density at radius 2 is 1.85 bits per heavy atom. The number of para-hydroxylation sites is 1. The number of halogens is 1. The number of benzene rings is 2. The van der Waals surface area contributed by atoms with Gasteiger partial charge in [-0.1, -0.05) is 29.8 Å². The third-order valence-corrected chi connectivity index (χ3v) is 5.02. The number of aryl methyl sites for hydroxylation is 1. The molecular formula is C20H24ClN3O2. The lowest BCUT2D eigenvalue weighted by atomic mass is 10.2. The molecular weight excluding hydrogens is 350 g/mol. The molecule has 138 valence electrons. The summed E-state index contributed by atoms with van der Waals surface area (Å²) in [4.78, 5) is 17.0. The normalized spacial score (nSPS) is 15.0. The van der Waals surface area contributed by atoms with E-state index in [2.05, 4.69) is 39.4 Å². The molecule has 3 rings (SSSR count). The molecule has 0 unspecified atom stereocenters. The fourth-order valence-electron chi connectivity index (χ4n) is 3.13. The van der Waals surface area contributed by atoms with Crippen molar-refractivity contribution in [1.82, 2.24) is 4.90 Å². The van der Waals surface area contributed by atoms with E-state index in [-0.39, 0.29) is 5.91 Å². The predicted molar refractivity (Wildman–Crippen MR) is 106 cm³/mol. The quantitative estimate of drug-likeness (QED) is 0.872. The van der Waals surface area contributed by atoms with Crippen LogP contribution in [0.5, 0.6) is 5.75 Å². The van der Waals surface area contributed by atoms with Crippen LogP contribution in [0.25, 0.3) is 0 Å². The highest BCUT2D eigenvalue weighted by Gasteiger charge is 2.20. The van der Waals surface area contributed by atoms with Gasteiger partial charge < -0.3 is 15.0 Å². The Kier molecular flexibility index (Phi) is 6.01. The molecule has 0 bridgehead atoms. The molecule has 0 aromatic heterocycles. The molecule has 1 aliphatic rings. The summed E-state index contributed by atoms with van der Waals surface area (Å²) in [6, 6.07) is 13.9. The van der Waals surface area contributed by atoms with Crippen LogP contribution in [0.3, 0.4) is 0 Å². The lowest BCUT2D eigenvalue weighted by Crippen LogP contribution is -2.48. The smallest absolute Gasteiger partial charge is 0.238 e. The predicted octanol–water partition coefficient (Wildman–Crippen LogP) is 3.42. The number of carbonyl (C=O) groups is 1. The third-order valence-electron chi connectivity index (χ3n) is 4.62. The molecule has 2 aromatic rings. The molecule has 0 aliphatic carbocycles. The number of piperazine rings is 1. The summed E-state index contributed by atoms with van der Waals surface area (Å²) in [5, 5.41) is 3.56. The van der Waals surface area contributed by atoms with E-state index in [1.165, 1.54) is 5.69 Å². The summed E-state index contributed by atoms with van der Waals surface area (Å²) in [5.74, 6) is 0.529. The molecule has 1 amide bonds. The van der Waals surface area contributed by atoms with E-state index in [1.54, 1.807) is 13.2 Å². The van der Waals surface area contributed by atoms with Gasteiger partial charge in [-0.2, -0.15) is 0 Å². The first-order chi connectivity index (χ1) is 12.6. The lowest BCUT2D eigenvalue weighted by molar-refractivity contribution is -0.117. The largest absolute Gasteiger partial charge is 0.495 e. The molecule has 1 fully saturated rings. The number of ether oxygens (including phenoxy) is 1. The van der Waals surface area contributed by atoms with Gasteiger partial charge in [0.25, 0.3) is 0 Å². The van der Waals surface area contributed by atoms with Gasteiger partial charge in [-0.3, -0.25) is 9.69 Å². The second-order valence-electron chi connectivity index (χ2n) is 6.45. The fraction of sp³-hybridized carbons (Fsp3) is 0.350. The minimum atomic E-state index is -0.0433. The van der Waals surface area contributed by atoms with Crippen LogP contribution in [-0.4, -0.2) is 50.6 Å². The van der Waals surface area contributed by atoms with Crippen molar-refractivity contribution in [2.75, 3.05) is 50.1 Å². The van der Waals surface area contributed by atoms with Crippen LogP contribution in [0, 0.1) is 6.92 Å². The highest BCUT2D eigenvalue weighted by Crippen LogP contribution is 2.30. The van der Waals surface area contributed by atoms with Crippen molar-refractivity contribution in [2.45, 2.75) is 6.92 Å². The van der Waals surface area contributed by atoms with Gasteiger partial charge in [0.1, 0.15) is 5.75 Å². The Balaban J connectivity index is 1.54. The Morgan fingerprint density at radius 3 is 2.50 bits per heavy atom. The van der Waals surface area contributed by atoms with Gasteiger partial charge in [0.2, 0.25) is 5.91 Å². The van der Waals surface area contributed by atoms with E-state index in [9.17, 15) is 4.79 Å². The number of carbonyl (C=O) groups excluding carboxylic acids is 1. The Labute approximate surface area is 159 Å². The number of methoxy groups -OCH3 is 1. The van der Waals surface area contributed by atoms with Gasteiger partial charge in [-0.05, 0) is 30.7 Å². The molecule has 5 nitrogen and oxygen atoms in total. The summed E-state index contributed by atoms with van der Waals surface area (Å²) in [6.45, 7) is 5.83. The first-order valence-corrected chi connectivity index (χ1v) is 9.11. The van der Waals surface area contributed by atoms with Crippen molar-refractivity contribution in [3.63, 3.8) is 0 Å². The van der Waals surface area contributed by atoms with Gasteiger partial charge >= 0.3 is 0 Å². The first kappa shape index (κ1) is 18.5. The molecule has 1 N–H and O–H groups in total. The minimum Gasteiger partial charge on any atom is -0.495 e. The fourth-order valence-corrected chi connectivity index (χ4v) is 3.28. The molecule has 1 heterocycles. The molecule has 26 heavy (non-hydrogen) atoms. The van der Waals surface area contributed by atoms with E-state index in [0.29, 0.717) is 23.0 Å². The van der Waals surface area contributed by atoms with Crippen LogP contribution < -0.4 is 15.0 Å². The number of nitrogens with zero attached hydrogens (tertiary/aromatic N) is 2. The number of anilines is 2. The standard InChI is InChI=1S/C20H24ClN3O2/c1-15-12-18(19(26-2)13-17(15)21)22-20(25)14-23-8-10-24(11-9-23)16-6-4-3-5-7-16/h3-7,12-13H,8-11,14H2,1-2H3,(H,22,25). The highest BCUT2D eigenvalue weighted by molar-refractivity contribution is 6.31. The molecule has 0 spiro atoms. The Bertz CT molecular complexity index is 759. The highest BCUT2D eigenvalue weighted by atomic mass is 35.5. The summed E-state index contributed by atoms with van der Waals surface area (Å²) in [6.07, 6.45) is 0. The molecule has 1 aliphatic heterocycles. The number of rotatable bonds is 5. The van der Waals surface area contributed by atoms with Crippen molar-refractivity contribution in [3.05, 3.63) is 53.1 Å². The van der Waals surface area contributed by atoms with Gasteiger partial charge in [0, 0.05) is 43.0 Å². The zero-order valence-corrected chi connectivity index (χ0v) is 15.9. The van der Waals surface area contributed by atoms with Crippen molar-refractivity contribution < 1.29 is 9.53 Å². The van der Waals surface area contributed by atoms with Crippen LogP contribution >= 0.6 is 11.6 Å². The average Bonchev–Trinajstić information content (AvgIpc) is 2.66. The van der Waals surface area contributed by atoms with Crippen molar-refractivity contribution in [2.24, 2.45) is 0 Å². The second kappa shape index (κ2) is 8.43. The summed E-state index contributed by atoms with van der Waals surface area (Å²) in [5.41, 5.74) is 2.79. The molecule has 0 atom stereocenters. The van der Waals surface area contributed by atoms with E-state index in [4.69, 9.17) is 16.3 Å². The van der Waals surface area contributed by atoms with E-state index >= 15 is 0 Å². The Hall–Kier alpha value is -2.24. The number of hydrogen-bond acceptors (Lipinski definition) is 4. The average molecular weight is 374 g/mol. The minimum absolute atomic E-state index is 0.0433. The van der Waals surface area contributed by atoms with Crippen LogP contribution in [0.2, 0.25) is 5.02 Å². The maximum absolute atomic E-state index is 12.4. The van der Waals surface area contributed by atoms with Crippen LogP contribution in [0.4, 0.5) is 11.4 Å². The van der Waals surface area contributed by atoms with Crippen LogP contribution in [0.1, 0.15) is 5.56 Å². The maximum atomic E-state index is 12.4. The number of amides is 1. The maximum Gasteiger partial charge on any atom is 0.238 e. The lowest BCUT2D eigenvalue weighted by Gasteiger charge is -2.35. The topological polar surface area (TPSA) is 44.8 Å². The van der Waals surface area contributed by atoms with Gasteiger partial charge in [-0.15, -0.1) is 0 Å². The van der Waals surface area contributed by atoms with Crippen molar-refractivity contribution in [1.29, 1.82) is 0 Å². The summed E-state index contributed by atoms with van der Waals surface area (Å²) >= 11 is 6.12.